The van der Waals surface area contributed by atoms with Crippen molar-refractivity contribution in [3.05, 3.63) is 0 Å². The second kappa shape index (κ2) is 13.0. The molecule has 9 aliphatic rings. The molecular formula is C32H60AlClN8. The van der Waals surface area contributed by atoms with Crippen LogP contribution in [0.15, 0.2) is 0 Å². The van der Waals surface area contributed by atoms with Crippen LogP contribution in [0.25, 0.3) is 0 Å². The standard InChI is InChI=1S/C32H56N8.Al.ClH.3H/c1-2-10-18-17(9-1)25-33-26(18)38-28-21-13-5-6-14-22(21)30(35-28)40-32-24-16-8-7-15-23(24)31(36-32)39-29-20-12-4-3-11-19(20)27(34-29)37-25;;;;;/h17-40H,1-16H2;;1H;;;. The van der Waals surface area contributed by atoms with Crippen LogP contribution in [0.5, 0.6) is 0 Å². The number of hydrogen-bond donors (Lipinski definition) is 8. The Balaban J connectivity index is 0.00000144. The predicted molar refractivity (Wildman–Crippen MR) is 174 cm³/mol. The lowest BCUT2D eigenvalue weighted by Crippen LogP contribution is -2.61. The highest BCUT2D eigenvalue weighted by Gasteiger charge is 2.54. The Hall–Kier alpha value is 0.502. The first-order valence-electron chi connectivity index (χ1n) is 17.9. The SMILES string of the molecule is C1CCC2C3NC(NC4NC(NC5NC(NC6NC(N3)C3CCCCC63)C3CCCCC53)C3CCCCC43)C2C1.Cl.[AlH3]. The van der Waals surface area contributed by atoms with Crippen LogP contribution < -0.4 is 42.5 Å². The molecule has 0 radical (unpaired) electrons. The van der Waals surface area contributed by atoms with Gasteiger partial charge in [-0.05, 0) is 98.7 Å². The number of halogens is 1. The number of nitrogens with one attached hydrogen (secondary N) is 8. The molecule has 8 bridgehead atoms. The minimum atomic E-state index is 0. The number of rotatable bonds is 0. The third-order valence-corrected chi connectivity index (χ3v) is 13.8. The van der Waals surface area contributed by atoms with Crippen LogP contribution in [0, 0.1) is 47.3 Å². The van der Waals surface area contributed by atoms with Crippen LogP contribution in [-0.2, 0) is 0 Å². The Labute approximate surface area is 270 Å². The van der Waals surface area contributed by atoms with Gasteiger partial charge in [-0.3, -0.25) is 42.5 Å². The van der Waals surface area contributed by atoms with E-state index in [2.05, 4.69) is 42.5 Å². The molecule has 0 amide bonds. The third kappa shape index (κ3) is 5.37. The van der Waals surface area contributed by atoms with Crippen molar-refractivity contribution in [1.82, 2.24) is 42.5 Å². The van der Waals surface area contributed by atoms with E-state index >= 15 is 0 Å². The maximum atomic E-state index is 4.26. The zero-order valence-corrected chi connectivity index (χ0v) is 25.8. The molecule has 42 heavy (non-hydrogen) atoms. The largest absolute Gasteiger partial charge is 0.286 e. The molecule has 8 unspecified atom stereocenters. The fraction of sp³-hybridized carbons (Fsp3) is 1.00. The zero-order valence-electron chi connectivity index (χ0n) is 25.0. The number of hydrogen-bond acceptors (Lipinski definition) is 8. The summed E-state index contributed by atoms with van der Waals surface area (Å²) < 4.78 is 0. The van der Waals surface area contributed by atoms with Crippen molar-refractivity contribution in [2.75, 3.05) is 0 Å². The first-order chi connectivity index (χ1) is 19.8. The molecule has 8 atom stereocenters. The molecule has 4 saturated carbocycles. The average Bonchev–Trinajstić information content (AvgIpc) is 3.73. The van der Waals surface area contributed by atoms with Crippen LogP contribution in [0.4, 0.5) is 0 Å². The van der Waals surface area contributed by atoms with E-state index in [4.69, 9.17) is 0 Å². The molecule has 5 saturated heterocycles. The summed E-state index contributed by atoms with van der Waals surface area (Å²) in [5.74, 6) is 5.97. The third-order valence-electron chi connectivity index (χ3n) is 13.8. The molecule has 9 fully saturated rings. The molecule has 0 aromatic rings. The van der Waals surface area contributed by atoms with Crippen LogP contribution >= 0.6 is 12.4 Å². The summed E-state index contributed by atoms with van der Waals surface area (Å²) in [6.07, 6.45) is 25.6. The lowest BCUT2D eigenvalue weighted by Gasteiger charge is -2.35. The Morgan fingerprint density at radius 2 is 0.357 bits per heavy atom. The van der Waals surface area contributed by atoms with Crippen LogP contribution in [-0.4, -0.2) is 66.7 Å². The predicted octanol–water partition coefficient (Wildman–Crippen LogP) is 1.84. The normalized spacial score (nSPS) is 54.9. The summed E-state index contributed by atoms with van der Waals surface area (Å²) >= 11 is 0. The van der Waals surface area contributed by atoms with E-state index in [1.807, 2.05) is 0 Å². The first kappa shape index (κ1) is 31.1. The molecule has 0 spiro atoms. The second-order valence-corrected chi connectivity index (χ2v) is 15.6. The van der Waals surface area contributed by atoms with Crippen molar-refractivity contribution in [3.8, 4) is 0 Å². The van der Waals surface area contributed by atoms with Crippen LogP contribution in [0.2, 0.25) is 0 Å². The molecule has 8 nitrogen and oxygen atoms in total. The van der Waals surface area contributed by atoms with E-state index in [0.29, 0.717) is 49.3 Å². The van der Waals surface area contributed by atoms with Gasteiger partial charge in [0, 0.05) is 0 Å². The molecule has 0 aromatic carbocycles. The van der Waals surface area contributed by atoms with Gasteiger partial charge in [0.25, 0.3) is 0 Å². The number of fused-ring (bicyclic) bond motifs is 20. The fourth-order valence-corrected chi connectivity index (χ4v) is 12.0. The van der Waals surface area contributed by atoms with Gasteiger partial charge in [0.1, 0.15) is 0 Å². The molecule has 0 aromatic heterocycles. The fourth-order valence-electron chi connectivity index (χ4n) is 12.0. The van der Waals surface area contributed by atoms with Gasteiger partial charge in [-0.2, -0.15) is 0 Å². The Morgan fingerprint density at radius 1 is 0.238 bits per heavy atom. The Bertz CT molecular complexity index is 723. The van der Waals surface area contributed by atoms with Crippen molar-refractivity contribution in [1.29, 1.82) is 0 Å². The van der Waals surface area contributed by atoms with E-state index in [9.17, 15) is 0 Å². The van der Waals surface area contributed by atoms with E-state index in [1.165, 1.54) is 103 Å². The average molecular weight is 619 g/mol. The van der Waals surface area contributed by atoms with E-state index in [0.717, 1.165) is 47.3 Å². The van der Waals surface area contributed by atoms with Gasteiger partial charge in [-0.15, -0.1) is 12.4 Å². The Morgan fingerprint density at radius 3 is 0.476 bits per heavy atom. The van der Waals surface area contributed by atoms with Gasteiger partial charge < -0.3 is 0 Å². The summed E-state index contributed by atoms with van der Waals surface area (Å²) in [5, 5.41) is 33.8. The molecule has 5 heterocycles. The summed E-state index contributed by atoms with van der Waals surface area (Å²) in [5.41, 5.74) is 0. The highest BCUT2D eigenvalue weighted by molar-refractivity contribution is 5.85. The minimum Gasteiger partial charge on any atom is -0.286 e. The lowest BCUT2D eigenvalue weighted by atomic mass is 9.76. The van der Waals surface area contributed by atoms with Gasteiger partial charge >= 0.3 is 0 Å². The lowest BCUT2D eigenvalue weighted by molar-refractivity contribution is 0.167. The smallest absolute Gasteiger partial charge is 0.187 e. The monoisotopic (exact) mass is 618 g/mol. The van der Waals surface area contributed by atoms with Gasteiger partial charge in [-0.1, -0.05) is 51.4 Å². The molecule has 5 aliphatic heterocycles. The van der Waals surface area contributed by atoms with Crippen molar-refractivity contribution >= 4 is 29.8 Å². The maximum Gasteiger partial charge on any atom is 0.187 e. The van der Waals surface area contributed by atoms with Crippen LogP contribution in [0.1, 0.15) is 103 Å². The van der Waals surface area contributed by atoms with Gasteiger partial charge in [0.15, 0.2) is 17.4 Å². The summed E-state index contributed by atoms with van der Waals surface area (Å²) in [6, 6.07) is 0. The quantitative estimate of drug-likeness (QED) is 0.195. The topological polar surface area (TPSA) is 96.2 Å². The summed E-state index contributed by atoms with van der Waals surface area (Å²) in [6.45, 7) is 0. The van der Waals surface area contributed by atoms with E-state index in [1.54, 1.807) is 0 Å². The Kier molecular flexibility index (Phi) is 9.60. The zero-order chi connectivity index (χ0) is 26.2. The van der Waals surface area contributed by atoms with E-state index < -0.39 is 0 Å². The second-order valence-electron chi connectivity index (χ2n) is 15.6. The molecule has 8 N–H and O–H groups in total. The molecular weight excluding hydrogens is 559 g/mol. The van der Waals surface area contributed by atoms with Gasteiger partial charge in [-0.25, -0.2) is 0 Å². The van der Waals surface area contributed by atoms with Crippen molar-refractivity contribution in [3.63, 3.8) is 0 Å². The molecule has 238 valence electrons. The summed E-state index contributed by atoms with van der Waals surface area (Å²) in [4.78, 5) is 0. The van der Waals surface area contributed by atoms with Crippen molar-refractivity contribution in [2.24, 2.45) is 47.3 Å². The van der Waals surface area contributed by atoms with Gasteiger partial charge in [0.05, 0.1) is 49.3 Å². The highest BCUT2D eigenvalue weighted by Crippen LogP contribution is 2.45. The maximum absolute atomic E-state index is 4.26. The minimum absolute atomic E-state index is 0. The van der Waals surface area contributed by atoms with E-state index in [-0.39, 0.29) is 29.8 Å². The molecule has 9 rings (SSSR count). The molecule has 4 aliphatic carbocycles. The van der Waals surface area contributed by atoms with Gasteiger partial charge in [0.2, 0.25) is 0 Å². The summed E-state index contributed by atoms with van der Waals surface area (Å²) in [7, 11) is 0. The molecule has 10 heteroatoms. The van der Waals surface area contributed by atoms with Crippen molar-refractivity contribution in [2.45, 2.75) is 152 Å². The van der Waals surface area contributed by atoms with Crippen LogP contribution in [0.3, 0.4) is 0 Å². The highest BCUT2D eigenvalue weighted by atomic mass is 35.5. The van der Waals surface area contributed by atoms with Crippen molar-refractivity contribution < 1.29 is 0 Å². The first-order valence-corrected chi connectivity index (χ1v) is 17.9.